The zero-order chi connectivity index (χ0) is 22.3. The molecule has 3 aromatic rings. The number of nitrogens with two attached hydrogens (primary N) is 1. The first kappa shape index (κ1) is 21.7. The highest BCUT2D eigenvalue weighted by atomic mass is 32.2. The van der Waals surface area contributed by atoms with Gasteiger partial charge in [-0.3, -0.25) is 4.98 Å². The number of alkyl halides is 3. The smallest absolute Gasteiger partial charge is 0.406 e. The van der Waals surface area contributed by atoms with Crippen molar-refractivity contribution in [1.29, 1.82) is 0 Å². The second-order valence-corrected chi connectivity index (χ2v) is 7.76. The van der Waals surface area contributed by atoms with E-state index in [2.05, 4.69) is 9.72 Å². The van der Waals surface area contributed by atoms with Crippen molar-refractivity contribution in [3.63, 3.8) is 0 Å². The Kier molecular flexibility index (Phi) is 5.52. The molecule has 0 aliphatic heterocycles. The average Bonchev–Trinajstić information content (AvgIpc) is 2.60. The van der Waals surface area contributed by atoms with E-state index < -0.39 is 38.7 Å². The molecule has 0 aliphatic carbocycles. The van der Waals surface area contributed by atoms with E-state index >= 15 is 0 Å². The number of pyridine rings is 1. The fourth-order valence-electron chi connectivity index (χ4n) is 2.92. The van der Waals surface area contributed by atoms with Gasteiger partial charge in [-0.05, 0) is 59.5 Å². The van der Waals surface area contributed by atoms with E-state index in [1.54, 1.807) is 0 Å². The van der Waals surface area contributed by atoms with E-state index in [0.29, 0.717) is 11.1 Å². The first-order chi connectivity index (χ1) is 13.9. The molecule has 0 saturated heterocycles. The molecule has 0 atom stereocenters. The summed E-state index contributed by atoms with van der Waals surface area (Å²) in [4.78, 5) is 2.69. The van der Waals surface area contributed by atoms with Gasteiger partial charge in [-0.2, -0.15) is 0 Å². The van der Waals surface area contributed by atoms with Crippen molar-refractivity contribution >= 4 is 10.0 Å². The quantitative estimate of drug-likeness (QED) is 0.599. The largest absolute Gasteiger partial charge is 0.573 e. The van der Waals surface area contributed by atoms with Crippen LogP contribution in [0.4, 0.5) is 22.0 Å². The second kappa shape index (κ2) is 7.65. The van der Waals surface area contributed by atoms with E-state index in [1.165, 1.54) is 37.5 Å². The van der Waals surface area contributed by atoms with Crippen LogP contribution in [0, 0.1) is 18.6 Å². The molecule has 0 amide bonds. The molecule has 0 bridgehead atoms. The third-order valence-corrected chi connectivity index (χ3v) is 5.09. The number of sulfonamides is 1. The lowest BCUT2D eigenvalue weighted by atomic mass is 9.95. The van der Waals surface area contributed by atoms with Crippen LogP contribution in [0.3, 0.4) is 0 Å². The highest BCUT2D eigenvalue weighted by Crippen LogP contribution is 2.36. The van der Waals surface area contributed by atoms with E-state index in [-0.39, 0.29) is 16.7 Å². The predicted octanol–water partition coefficient (Wildman–Crippen LogP) is 4.55. The minimum absolute atomic E-state index is 0.0110. The van der Waals surface area contributed by atoms with Crippen LogP contribution in [0.5, 0.6) is 5.75 Å². The highest BCUT2D eigenvalue weighted by molar-refractivity contribution is 7.89. The van der Waals surface area contributed by atoms with Crippen LogP contribution in [0.15, 0.2) is 53.7 Å². The number of hydrogen-bond donors (Lipinski definition) is 1. The molecule has 158 valence electrons. The molecule has 0 aliphatic rings. The lowest BCUT2D eigenvalue weighted by Crippen LogP contribution is -2.17. The average molecular weight is 444 g/mol. The maximum atomic E-state index is 14.3. The van der Waals surface area contributed by atoms with Crippen LogP contribution in [-0.2, 0) is 10.0 Å². The number of benzene rings is 2. The minimum atomic E-state index is -4.86. The van der Waals surface area contributed by atoms with Gasteiger partial charge >= 0.3 is 6.36 Å². The van der Waals surface area contributed by atoms with Gasteiger partial charge in [-0.15, -0.1) is 13.2 Å². The Morgan fingerprint density at radius 2 is 1.60 bits per heavy atom. The number of primary sulfonamides is 1. The number of nitrogens with zero attached hydrogens (tertiary/aromatic N) is 1. The molecule has 0 spiro atoms. The fourth-order valence-corrected chi connectivity index (χ4v) is 3.58. The normalized spacial score (nSPS) is 12.1. The Hall–Kier alpha value is -3.05. The fraction of sp³-hybridized carbons (Fsp3) is 0.105. The Labute approximate surface area is 168 Å². The molecule has 0 fully saturated rings. The lowest BCUT2D eigenvalue weighted by molar-refractivity contribution is -0.274. The summed E-state index contributed by atoms with van der Waals surface area (Å²) < 4.78 is 92.6. The molecule has 0 unspecified atom stereocenters. The monoisotopic (exact) mass is 444 g/mol. The van der Waals surface area contributed by atoms with Crippen LogP contribution in [0.25, 0.3) is 22.3 Å². The van der Waals surface area contributed by atoms with Crippen molar-refractivity contribution in [2.75, 3.05) is 0 Å². The maximum Gasteiger partial charge on any atom is 0.573 e. The SMILES string of the molecule is Cc1cc(-c2cnccc2-c2cc(F)c(S(N)(=O)=O)c(F)c2)ccc1OC(F)(F)F. The van der Waals surface area contributed by atoms with Gasteiger partial charge in [-0.1, -0.05) is 6.07 Å². The summed E-state index contributed by atoms with van der Waals surface area (Å²) in [7, 11) is -4.62. The zero-order valence-corrected chi connectivity index (χ0v) is 16.0. The number of ether oxygens (including phenoxy) is 1. The van der Waals surface area contributed by atoms with E-state index in [9.17, 15) is 30.4 Å². The topological polar surface area (TPSA) is 82.3 Å². The summed E-state index contributed by atoms with van der Waals surface area (Å²) >= 11 is 0. The van der Waals surface area contributed by atoms with Crippen molar-refractivity contribution in [3.05, 3.63) is 66.0 Å². The zero-order valence-electron chi connectivity index (χ0n) is 15.2. The highest BCUT2D eigenvalue weighted by Gasteiger charge is 2.31. The molecule has 5 nitrogen and oxygen atoms in total. The standard InChI is InChI=1S/C19H13F5N2O3S/c1-10-6-11(2-3-17(10)29-19(22,23)24)14-9-26-5-4-13(14)12-7-15(20)18(16(21)8-12)30(25,27)28/h2-9H,1H3,(H2,25,27,28). The summed E-state index contributed by atoms with van der Waals surface area (Å²) in [6, 6.07) is 6.87. The maximum absolute atomic E-state index is 14.3. The first-order valence-corrected chi connectivity index (χ1v) is 9.74. The van der Waals surface area contributed by atoms with E-state index in [0.717, 1.165) is 18.2 Å². The third kappa shape index (κ3) is 4.57. The van der Waals surface area contributed by atoms with E-state index in [4.69, 9.17) is 5.14 Å². The van der Waals surface area contributed by atoms with Gasteiger partial charge in [0, 0.05) is 18.0 Å². The van der Waals surface area contributed by atoms with Crippen molar-refractivity contribution in [3.8, 4) is 28.0 Å². The van der Waals surface area contributed by atoms with Gasteiger partial charge in [0.15, 0.2) is 4.90 Å². The Morgan fingerprint density at radius 3 is 2.13 bits per heavy atom. The van der Waals surface area contributed by atoms with Crippen molar-refractivity contribution < 1.29 is 35.1 Å². The molecule has 11 heteroatoms. The number of hydrogen-bond acceptors (Lipinski definition) is 4. The van der Waals surface area contributed by atoms with Crippen molar-refractivity contribution in [2.24, 2.45) is 5.14 Å². The molecule has 0 saturated carbocycles. The van der Waals surface area contributed by atoms with Gasteiger partial charge in [0.1, 0.15) is 17.4 Å². The van der Waals surface area contributed by atoms with Crippen LogP contribution < -0.4 is 9.88 Å². The van der Waals surface area contributed by atoms with Crippen molar-refractivity contribution in [2.45, 2.75) is 18.2 Å². The molecular weight excluding hydrogens is 431 g/mol. The first-order valence-electron chi connectivity index (χ1n) is 8.20. The molecule has 1 aromatic heterocycles. The Balaban J connectivity index is 2.12. The lowest BCUT2D eigenvalue weighted by Gasteiger charge is -2.14. The van der Waals surface area contributed by atoms with Crippen molar-refractivity contribution in [1.82, 2.24) is 4.98 Å². The summed E-state index contributed by atoms with van der Waals surface area (Å²) in [6.45, 7) is 1.40. The predicted molar refractivity (Wildman–Crippen MR) is 97.8 cm³/mol. The Morgan fingerprint density at radius 1 is 0.967 bits per heavy atom. The summed E-state index contributed by atoms with van der Waals surface area (Å²) in [5.41, 5.74) is 1.18. The van der Waals surface area contributed by atoms with Crippen LogP contribution in [0.2, 0.25) is 0 Å². The number of aromatic nitrogens is 1. The van der Waals surface area contributed by atoms with Crippen LogP contribution in [0.1, 0.15) is 5.56 Å². The summed E-state index contributed by atoms with van der Waals surface area (Å²) in [6.07, 6.45) is -2.15. The summed E-state index contributed by atoms with van der Waals surface area (Å²) in [5, 5.41) is 4.83. The van der Waals surface area contributed by atoms with E-state index in [1.807, 2.05) is 0 Å². The van der Waals surface area contributed by atoms with Gasteiger partial charge < -0.3 is 4.74 Å². The molecule has 2 N–H and O–H groups in total. The molecule has 0 radical (unpaired) electrons. The number of halogens is 5. The Bertz CT molecular complexity index is 1200. The molecule has 2 aromatic carbocycles. The molecule has 1 heterocycles. The molecule has 30 heavy (non-hydrogen) atoms. The van der Waals surface area contributed by atoms with Gasteiger partial charge in [-0.25, -0.2) is 22.3 Å². The number of rotatable bonds is 4. The summed E-state index contributed by atoms with van der Waals surface area (Å²) in [5.74, 6) is -3.15. The van der Waals surface area contributed by atoms with Crippen LogP contribution >= 0.6 is 0 Å². The molecular formula is C19H13F5N2O3S. The second-order valence-electron chi connectivity index (χ2n) is 6.26. The third-order valence-electron chi connectivity index (χ3n) is 4.13. The number of aryl methyl sites for hydroxylation is 1. The van der Waals surface area contributed by atoms with Gasteiger partial charge in [0.05, 0.1) is 0 Å². The van der Waals surface area contributed by atoms with Gasteiger partial charge in [0.25, 0.3) is 0 Å². The minimum Gasteiger partial charge on any atom is -0.406 e. The van der Waals surface area contributed by atoms with Crippen LogP contribution in [-0.4, -0.2) is 19.8 Å². The van der Waals surface area contributed by atoms with Gasteiger partial charge in [0.2, 0.25) is 10.0 Å². The molecule has 3 rings (SSSR count).